The van der Waals surface area contributed by atoms with Crippen LogP contribution in [0, 0.1) is 13.8 Å². The molecule has 4 aromatic rings. The molecule has 0 fully saturated rings. The Morgan fingerprint density at radius 2 is 1.78 bits per heavy atom. The Kier molecular flexibility index (Phi) is 4.16. The second kappa shape index (κ2) is 6.64. The van der Waals surface area contributed by atoms with E-state index < -0.39 is 0 Å². The zero-order valence-corrected chi connectivity index (χ0v) is 15.4. The molecule has 0 aliphatic carbocycles. The largest absolute Gasteiger partial charge is 0.309 e. The number of nitrogens with zero attached hydrogens (tertiary/aromatic N) is 4. The number of benzene rings is 1. The summed E-state index contributed by atoms with van der Waals surface area (Å²) in [6, 6.07) is 13.4. The summed E-state index contributed by atoms with van der Waals surface area (Å²) < 4.78 is 1.57. The molecule has 1 N–H and O–H groups in total. The van der Waals surface area contributed by atoms with Crippen molar-refractivity contribution in [1.29, 1.82) is 0 Å². The van der Waals surface area contributed by atoms with Gasteiger partial charge in [-0.2, -0.15) is 4.98 Å². The number of hydrogen-bond donors (Lipinski definition) is 1. The standard InChI is InChI=1S/C21H19N5O/c1-13-7-6-8-14(2)18(13)16-11-15-12-23-21(24-17-9-4-5-10-22-17)25-19(15)26(3)20(16)27/h4-12H,1-3H3,(H,22,23,24,25). The van der Waals surface area contributed by atoms with Gasteiger partial charge in [-0.3, -0.25) is 9.36 Å². The molecule has 1 aromatic carbocycles. The predicted molar refractivity (Wildman–Crippen MR) is 107 cm³/mol. The first-order valence-corrected chi connectivity index (χ1v) is 8.66. The van der Waals surface area contributed by atoms with Crippen LogP contribution in [0.15, 0.2) is 59.7 Å². The van der Waals surface area contributed by atoms with Gasteiger partial charge in [-0.25, -0.2) is 9.97 Å². The second-order valence-electron chi connectivity index (χ2n) is 6.50. The molecule has 6 nitrogen and oxygen atoms in total. The van der Waals surface area contributed by atoms with Gasteiger partial charge in [-0.05, 0) is 48.7 Å². The van der Waals surface area contributed by atoms with Crippen LogP contribution in [0.25, 0.3) is 22.2 Å². The number of pyridine rings is 2. The number of aromatic nitrogens is 4. The van der Waals surface area contributed by atoms with Crippen molar-refractivity contribution in [2.24, 2.45) is 7.05 Å². The predicted octanol–water partition coefficient (Wildman–Crippen LogP) is 3.75. The average molecular weight is 357 g/mol. The van der Waals surface area contributed by atoms with Crippen LogP contribution in [0.1, 0.15) is 11.1 Å². The lowest BCUT2D eigenvalue weighted by Gasteiger charge is -2.13. The van der Waals surface area contributed by atoms with Crippen LogP contribution >= 0.6 is 0 Å². The third-order valence-electron chi connectivity index (χ3n) is 4.60. The topological polar surface area (TPSA) is 72.7 Å². The molecule has 0 saturated heterocycles. The van der Waals surface area contributed by atoms with E-state index in [-0.39, 0.29) is 5.56 Å². The van der Waals surface area contributed by atoms with Gasteiger partial charge in [0, 0.05) is 30.4 Å². The Balaban J connectivity index is 1.86. The summed E-state index contributed by atoms with van der Waals surface area (Å²) in [7, 11) is 1.74. The molecule has 0 aliphatic rings. The zero-order chi connectivity index (χ0) is 19.0. The maximum absolute atomic E-state index is 13.0. The SMILES string of the molecule is Cc1cccc(C)c1-c1cc2cnc(Nc3ccccn3)nc2n(C)c1=O. The van der Waals surface area contributed by atoms with Gasteiger partial charge in [0.05, 0.1) is 0 Å². The fourth-order valence-corrected chi connectivity index (χ4v) is 3.28. The van der Waals surface area contributed by atoms with Gasteiger partial charge < -0.3 is 5.32 Å². The van der Waals surface area contributed by atoms with E-state index in [2.05, 4.69) is 20.3 Å². The van der Waals surface area contributed by atoms with Gasteiger partial charge in [0.1, 0.15) is 11.5 Å². The van der Waals surface area contributed by atoms with Gasteiger partial charge in [-0.15, -0.1) is 0 Å². The Labute approximate surface area is 156 Å². The monoisotopic (exact) mass is 357 g/mol. The third kappa shape index (κ3) is 3.06. The highest BCUT2D eigenvalue weighted by Gasteiger charge is 2.14. The number of anilines is 2. The molecular formula is C21H19N5O. The van der Waals surface area contributed by atoms with Crippen molar-refractivity contribution in [3.05, 3.63) is 76.3 Å². The fraction of sp³-hybridized carbons (Fsp3) is 0.143. The lowest BCUT2D eigenvalue weighted by Crippen LogP contribution is -2.20. The van der Waals surface area contributed by atoms with E-state index in [1.807, 2.05) is 56.3 Å². The Hall–Kier alpha value is -3.54. The van der Waals surface area contributed by atoms with Gasteiger partial charge in [0.2, 0.25) is 5.95 Å². The van der Waals surface area contributed by atoms with Crippen molar-refractivity contribution in [2.45, 2.75) is 13.8 Å². The van der Waals surface area contributed by atoms with Crippen molar-refractivity contribution in [2.75, 3.05) is 5.32 Å². The first kappa shape index (κ1) is 16.9. The quantitative estimate of drug-likeness (QED) is 0.604. The Bertz CT molecular complexity index is 1180. The highest BCUT2D eigenvalue weighted by atomic mass is 16.1. The number of hydrogen-bond acceptors (Lipinski definition) is 5. The van der Waals surface area contributed by atoms with Crippen LogP contribution in [-0.4, -0.2) is 19.5 Å². The molecular weight excluding hydrogens is 338 g/mol. The van der Waals surface area contributed by atoms with Crippen molar-refractivity contribution in [3.8, 4) is 11.1 Å². The van der Waals surface area contributed by atoms with Crippen LogP contribution in [0.3, 0.4) is 0 Å². The summed E-state index contributed by atoms with van der Waals surface area (Å²) in [6.45, 7) is 4.03. The molecule has 0 bridgehead atoms. The van der Waals surface area contributed by atoms with E-state index in [4.69, 9.17) is 0 Å². The molecule has 0 saturated carbocycles. The molecule has 0 unspecified atom stereocenters. The number of aryl methyl sites for hydroxylation is 3. The lowest BCUT2D eigenvalue weighted by atomic mass is 9.96. The summed E-state index contributed by atoms with van der Waals surface area (Å²) in [4.78, 5) is 26.1. The molecule has 6 heteroatoms. The Morgan fingerprint density at radius 3 is 2.48 bits per heavy atom. The van der Waals surface area contributed by atoms with Gasteiger partial charge in [-0.1, -0.05) is 24.3 Å². The smallest absolute Gasteiger partial charge is 0.259 e. The normalized spacial score (nSPS) is 10.9. The summed E-state index contributed by atoms with van der Waals surface area (Å²) in [5.74, 6) is 1.05. The summed E-state index contributed by atoms with van der Waals surface area (Å²) in [5.41, 5.74) is 4.26. The first-order valence-electron chi connectivity index (χ1n) is 8.66. The van der Waals surface area contributed by atoms with Crippen molar-refractivity contribution < 1.29 is 0 Å². The zero-order valence-electron chi connectivity index (χ0n) is 15.4. The van der Waals surface area contributed by atoms with E-state index in [9.17, 15) is 4.79 Å². The van der Waals surface area contributed by atoms with E-state index in [1.54, 1.807) is 24.0 Å². The maximum Gasteiger partial charge on any atom is 0.259 e. The molecule has 0 spiro atoms. The van der Waals surface area contributed by atoms with Crippen LogP contribution in [0.5, 0.6) is 0 Å². The summed E-state index contributed by atoms with van der Waals surface area (Å²) in [5, 5.41) is 3.87. The Morgan fingerprint density at radius 1 is 1.00 bits per heavy atom. The van der Waals surface area contributed by atoms with E-state index in [0.29, 0.717) is 23.0 Å². The van der Waals surface area contributed by atoms with Crippen molar-refractivity contribution in [1.82, 2.24) is 19.5 Å². The van der Waals surface area contributed by atoms with Crippen LogP contribution in [-0.2, 0) is 7.05 Å². The molecule has 3 heterocycles. The molecule has 0 atom stereocenters. The van der Waals surface area contributed by atoms with Gasteiger partial charge in [0.15, 0.2) is 0 Å². The molecule has 0 amide bonds. The van der Waals surface area contributed by atoms with E-state index >= 15 is 0 Å². The number of fused-ring (bicyclic) bond motifs is 1. The first-order chi connectivity index (χ1) is 13.0. The van der Waals surface area contributed by atoms with Crippen LogP contribution < -0.4 is 10.9 Å². The number of nitrogens with one attached hydrogen (secondary N) is 1. The van der Waals surface area contributed by atoms with Crippen LogP contribution in [0.2, 0.25) is 0 Å². The van der Waals surface area contributed by atoms with Gasteiger partial charge >= 0.3 is 0 Å². The molecule has 134 valence electrons. The van der Waals surface area contributed by atoms with Crippen molar-refractivity contribution in [3.63, 3.8) is 0 Å². The molecule has 0 radical (unpaired) electrons. The average Bonchev–Trinajstić information content (AvgIpc) is 2.67. The van der Waals surface area contributed by atoms with Crippen LogP contribution in [0.4, 0.5) is 11.8 Å². The third-order valence-corrected chi connectivity index (χ3v) is 4.60. The molecule has 4 rings (SSSR count). The lowest BCUT2D eigenvalue weighted by molar-refractivity contribution is 0.886. The molecule has 0 aliphatic heterocycles. The molecule has 3 aromatic heterocycles. The maximum atomic E-state index is 13.0. The highest BCUT2D eigenvalue weighted by molar-refractivity contribution is 5.83. The molecule has 27 heavy (non-hydrogen) atoms. The minimum Gasteiger partial charge on any atom is -0.309 e. The number of rotatable bonds is 3. The summed E-state index contributed by atoms with van der Waals surface area (Å²) >= 11 is 0. The van der Waals surface area contributed by atoms with E-state index in [0.717, 1.165) is 22.1 Å². The summed E-state index contributed by atoms with van der Waals surface area (Å²) in [6.07, 6.45) is 3.42. The van der Waals surface area contributed by atoms with Gasteiger partial charge in [0.25, 0.3) is 5.56 Å². The van der Waals surface area contributed by atoms with Crippen molar-refractivity contribution >= 4 is 22.8 Å². The second-order valence-corrected chi connectivity index (χ2v) is 6.50. The minimum atomic E-state index is -0.0811. The highest BCUT2D eigenvalue weighted by Crippen LogP contribution is 2.26. The minimum absolute atomic E-state index is 0.0811. The fourth-order valence-electron chi connectivity index (χ4n) is 3.28. The van der Waals surface area contributed by atoms with E-state index in [1.165, 1.54) is 0 Å².